The number of rotatable bonds is 4. The van der Waals surface area contributed by atoms with Gasteiger partial charge in [0.15, 0.2) is 0 Å². The fraction of sp³-hybridized carbons (Fsp3) is 0.312. The molecule has 0 unspecified atom stereocenters. The van der Waals surface area contributed by atoms with Crippen LogP contribution in [0.2, 0.25) is 0 Å². The second kappa shape index (κ2) is 7.04. The van der Waals surface area contributed by atoms with Gasteiger partial charge in [-0.05, 0) is 53.6 Å². The third-order valence-electron chi connectivity index (χ3n) is 3.65. The highest BCUT2D eigenvalue weighted by Crippen LogP contribution is 2.17. The number of anilines is 1. The Hall–Kier alpha value is -1.70. The van der Waals surface area contributed by atoms with Crippen LogP contribution in [0.5, 0.6) is 0 Å². The first kappa shape index (κ1) is 15.2. The largest absolute Gasteiger partial charge is 0.357 e. The summed E-state index contributed by atoms with van der Waals surface area (Å²) in [6, 6.07) is 9.44. The molecule has 1 aromatic carbocycles. The van der Waals surface area contributed by atoms with E-state index in [0.29, 0.717) is 17.9 Å². The molecule has 1 saturated heterocycles. The summed E-state index contributed by atoms with van der Waals surface area (Å²) in [6.45, 7) is 2.43. The summed E-state index contributed by atoms with van der Waals surface area (Å²) in [7, 11) is 0. The minimum atomic E-state index is -0.0971. The summed E-state index contributed by atoms with van der Waals surface area (Å²) in [5, 5.41) is 2.89. The molecule has 1 aliphatic heterocycles. The summed E-state index contributed by atoms with van der Waals surface area (Å²) in [5.74, 6) is 1.50. The highest BCUT2D eigenvalue weighted by Gasteiger charge is 2.14. The normalized spacial score (nSPS) is 14.1. The van der Waals surface area contributed by atoms with Crippen molar-refractivity contribution in [2.24, 2.45) is 0 Å². The first-order valence-corrected chi connectivity index (χ1v) is 8.41. The fourth-order valence-corrected chi connectivity index (χ4v) is 3.13. The molecule has 1 fully saturated rings. The quantitative estimate of drug-likeness (QED) is 0.791. The lowest BCUT2D eigenvalue weighted by Gasteiger charge is -2.16. The summed E-state index contributed by atoms with van der Waals surface area (Å²) in [4.78, 5) is 23.2. The van der Waals surface area contributed by atoms with Crippen molar-refractivity contribution in [2.75, 3.05) is 18.0 Å². The third-order valence-corrected chi connectivity index (χ3v) is 4.59. The Balaban J connectivity index is 1.65. The number of nitrogens with zero attached hydrogens (tertiary/aromatic N) is 3. The summed E-state index contributed by atoms with van der Waals surface area (Å²) < 4.78 is 0.935. The van der Waals surface area contributed by atoms with Gasteiger partial charge in [-0.25, -0.2) is 9.97 Å². The molecule has 3 rings (SSSR count). The van der Waals surface area contributed by atoms with E-state index in [4.69, 9.17) is 0 Å². The first-order valence-electron chi connectivity index (χ1n) is 7.33. The summed E-state index contributed by atoms with van der Waals surface area (Å²) in [6.07, 6.45) is 4.18. The minimum Gasteiger partial charge on any atom is -0.357 e. The number of aromatic nitrogens is 2. The van der Waals surface area contributed by atoms with E-state index in [2.05, 4.69) is 42.8 Å². The van der Waals surface area contributed by atoms with Crippen molar-refractivity contribution in [1.82, 2.24) is 15.3 Å². The van der Waals surface area contributed by atoms with Gasteiger partial charge in [-0.2, -0.15) is 0 Å². The van der Waals surface area contributed by atoms with Crippen molar-refractivity contribution >= 4 is 34.3 Å². The molecule has 1 aromatic heterocycles. The van der Waals surface area contributed by atoms with E-state index in [-0.39, 0.29) is 5.91 Å². The van der Waals surface area contributed by atoms with Crippen molar-refractivity contribution < 1.29 is 4.79 Å². The molecule has 0 radical (unpaired) electrons. The maximum absolute atomic E-state index is 12.2. The van der Waals surface area contributed by atoms with Crippen LogP contribution < -0.4 is 10.2 Å². The number of carbonyl (C=O) groups excluding carboxylic acids is 1. The van der Waals surface area contributed by atoms with Crippen molar-refractivity contribution in [3.8, 4) is 0 Å². The Morgan fingerprint density at radius 1 is 1.23 bits per heavy atom. The fourth-order valence-electron chi connectivity index (χ4n) is 2.50. The zero-order valence-corrected chi connectivity index (χ0v) is 14.3. The zero-order chi connectivity index (χ0) is 15.4. The predicted octanol–water partition coefficient (Wildman–Crippen LogP) is 2.61. The maximum Gasteiger partial charge on any atom is 0.252 e. The Labute approximate surface area is 143 Å². The van der Waals surface area contributed by atoms with Gasteiger partial charge < -0.3 is 10.2 Å². The molecule has 0 bridgehead atoms. The second-order valence-electron chi connectivity index (χ2n) is 5.19. The number of hydrogen-bond acceptors (Lipinski definition) is 4. The molecular weight excluding hydrogens is 391 g/mol. The third kappa shape index (κ3) is 3.55. The SMILES string of the molecule is O=C(NCc1nccc(N2CCCC2)n1)c1ccccc1I. The highest BCUT2D eigenvalue weighted by molar-refractivity contribution is 14.1. The van der Waals surface area contributed by atoms with Crippen LogP contribution in [0.15, 0.2) is 36.5 Å². The minimum absolute atomic E-state index is 0.0971. The second-order valence-corrected chi connectivity index (χ2v) is 6.35. The van der Waals surface area contributed by atoms with Gasteiger partial charge >= 0.3 is 0 Å². The number of carbonyl (C=O) groups is 1. The van der Waals surface area contributed by atoms with Crippen molar-refractivity contribution in [3.63, 3.8) is 0 Å². The molecule has 6 heteroatoms. The first-order chi connectivity index (χ1) is 10.7. The van der Waals surface area contributed by atoms with E-state index >= 15 is 0 Å². The van der Waals surface area contributed by atoms with E-state index in [0.717, 1.165) is 22.5 Å². The molecule has 22 heavy (non-hydrogen) atoms. The molecule has 114 valence electrons. The molecule has 1 N–H and O–H groups in total. The molecule has 0 aliphatic carbocycles. The van der Waals surface area contributed by atoms with Gasteiger partial charge in [-0.3, -0.25) is 4.79 Å². The van der Waals surface area contributed by atoms with Crippen molar-refractivity contribution in [1.29, 1.82) is 0 Å². The Morgan fingerprint density at radius 2 is 2.00 bits per heavy atom. The lowest BCUT2D eigenvalue weighted by atomic mass is 10.2. The van der Waals surface area contributed by atoms with Crippen LogP contribution in [-0.4, -0.2) is 29.0 Å². The number of halogens is 1. The van der Waals surface area contributed by atoms with Crippen molar-refractivity contribution in [3.05, 3.63) is 51.5 Å². The molecule has 1 aliphatic rings. The van der Waals surface area contributed by atoms with Crippen LogP contribution in [0.4, 0.5) is 5.82 Å². The van der Waals surface area contributed by atoms with Crippen LogP contribution in [0.1, 0.15) is 29.0 Å². The molecule has 0 saturated carbocycles. The van der Waals surface area contributed by atoms with Gasteiger partial charge in [0.2, 0.25) is 0 Å². The van der Waals surface area contributed by atoms with Gasteiger partial charge in [0, 0.05) is 22.9 Å². The lowest BCUT2D eigenvalue weighted by Crippen LogP contribution is -2.25. The van der Waals surface area contributed by atoms with E-state index in [9.17, 15) is 4.79 Å². The lowest BCUT2D eigenvalue weighted by molar-refractivity contribution is 0.0949. The summed E-state index contributed by atoms with van der Waals surface area (Å²) in [5.41, 5.74) is 0.679. The molecular formula is C16H17IN4O. The van der Waals surface area contributed by atoms with Crippen LogP contribution in [0.25, 0.3) is 0 Å². The molecule has 0 spiro atoms. The topological polar surface area (TPSA) is 58.1 Å². The standard InChI is InChI=1S/C16H17IN4O/c17-13-6-2-1-5-12(13)16(22)19-11-14-18-8-7-15(20-14)21-9-3-4-10-21/h1-2,5-8H,3-4,9-11H2,(H,19,22). The van der Waals surface area contributed by atoms with Crippen LogP contribution in [0, 0.1) is 3.57 Å². The van der Waals surface area contributed by atoms with Crippen LogP contribution in [0.3, 0.4) is 0 Å². The Morgan fingerprint density at radius 3 is 2.77 bits per heavy atom. The number of benzene rings is 1. The van der Waals surface area contributed by atoms with Gasteiger partial charge in [0.05, 0.1) is 12.1 Å². The maximum atomic E-state index is 12.2. The van der Waals surface area contributed by atoms with Gasteiger partial charge in [0.1, 0.15) is 11.6 Å². The van der Waals surface area contributed by atoms with Crippen molar-refractivity contribution in [2.45, 2.75) is 19.4 Å². The smallest absolute Gasteiger partial charge is 0.252 e. The van der Waals surface area contributed by atoms with Crippen LogP contribution >= 0.6 is 22.6 Å². The number of amides is 1. The Kier molecular flexibility index (Phi) is 4.87. The van der Waals surface area contributed by atoms with Gasteiger partial charge in [-0.1, -0.05) is 12.1 Å². The highest BCUT2D eigenvalue weighted by atomic mass is 127. The Bertz CT molecular complexity index is 671. The number of nitrogens with one attached hydrogen (secondary N) is 1. The average molecular weight is 408 g/mol. The molecule has 0 atom stereocenters. The molecule has 1 amide bonds. The number of hydrogen-bond donors (Lipinski definition) is 1. The van der Waals surface area contributed by atoms with E-state index in [1.165, 1.54) is 12.8 Å². The molecule has 5 nitrogen and oxygen atoms in total. The van der Waals surface area contributed by atoms with E-state index in [1.54, 1.807) is 6.20 Å². The molecule has 2 heterocycles. The van der Waals surface area contributed by atoms with E-state index in [1.807, 2.05) is 30.3 Å². The van der Waals surface area contributed by atoms with Gasteiger partial charge in [0.25, 0.3) is 5.91 Å². The predicted molar refractivity (Wildman–Crippen MR) is 93.8 cm³/mol. The zero-order valence-electron chi connectivity index (χ0n) is 12.1. The molecule has 2 aromatic rings. The monoisotopic (exact) mass is 408 g/mol. The van der Waals surface area contributed by atoms with Gasteiger partial charge in [-0.15, -0.1) is 0 Å². The average Bonchev–Trinajstić information content (AvgIpc) is 3.08. The van der Waals surface area contributed by atoms with E-state index < -0.39 is 0 Å². The van der Waals surface area contributed by atoms with Crippen LogP contribution in [-0.2, 0) is 6.54 Å². The summed E-state index contributed by atoms with van der Waals surface area (Å²) >= 11 is 2.16.